The number of carbonyl (C=O) groups is 1. The summed E-state index contributed by atoms with van der Waals surface area (Å²) in [5.74, 6) is 0.845. The maximum Gasteiger partial charge on any atom is 0.152 e. The summed E-state index contributed by atoms with van der Waals surface area (Å²) < 4.78 is 8.91. The van der Waals surface area contributed by atoms with E-state index in [1.807, 2.05) is 54.7 Å². The van der Waals surface area contributed by atoms with Crippen molar-refractivity contribution >= 4 is 33.1 Å². The number of aldehydes is 1. The number of carbonyl (C=O) groups excluding carboxylic acids is 1. The van der Waals surface area contributed by atoms with Crippen LogP contribution in [0, 0.1) is 0 Å². The molecule has 27 heavy (non-hydrogen) atoms. The smallest absolute Gasteiger partial charge is 0.152 e. The van der Waals surface area contributed by atoms with E-state index in [0.29, 0.717) is 18.7 Å². The number of nitrogens with zero attached hydrogens (tertiary/aromatic N) is 1. The molecule has 0 unspecified atom stereocenters. The van der Waals surface area contributed by atoms with E-state index in [9.17, 15) is 4.79 Å². The molecule has 0 aliphatic carbocycles. The van der Waals surface area contributed by atoms with Crippen molar-refractivity contribution in [2.24, 2.45) is 0 Å². The van der Waals surface area contributed by atoms with E-state index in [2.05, 4.69) is 44.8 Å². The summed E-state index contributed by atoms with van der Waals surface area (Å²) in [7, 11) is 0. The molecular formula is C23H18BrNO2. The molecule has 0 bridgehead atoms. The maximum atomic E-state index is 11.4. The number of rotatable bonds is 6. The van der Waals surface area contributed by atoms with E-state index in [0.717, 1.165) is 38.5 Å². The van der Waals surface area contributed by atoms with Crippen LogP contribution < -0.4 is 4.74 Å². The molecule has 4 rings (SSSR count). The molecule has 0 aliphatic rings. The number of halogens is 1. The van der Waals surface area contributed by atoms with Gasteiger partial charge in [-0.05, 0) is 41.5 Å². The van der Waals surface area contributed by atoms with Gasteiger partial charge < -0.3 is 9.30 Å². The van der Waals surface area contributed by atoms with Crippen LogP contribution in [0.3, 0.4) is 0 Å². The second-order valence-corrected chi connectivity index (χ2v) is 7.33. The average Bonchev–Trinajstić information content (AvgIpc) is 3.05. The lowest BCUT2D eigenvalue weighted by Crippen LogP contribution is -1.99. The van der Waals surface area contributed by atoms with Gasteiger partial charge in [0.25, 0.3) is 0 Å². The lowest BCUT2D eigenvalue weighted by molar-refractivity contribution is 0.112. The Morgan fingerprint density at radius 2 is 1.70 bits per heavy atom. The first-order valence-corrected chi connectivity index (χ1v) is 9.51. The molecule has 0 radical (unpaired) electrons. The Morgan fingerprint density at radius 1 is 0.926 bits per heavy atom. The zero-order valence-corrected chi connectivity index (χ0v) is 16.2. The predicted octanol–water partition coefficient (Wildman–Crippen LogP) is 5.84. The quantitative estimate of drug-likeness (QED) is 0.367. The Labute approximate surface area is 166 Å². The van der Waals surface area contributed by atoms with Crippen molar-refractivity contribution < 1.29 is 9.53 Å². The summed E-state index contributed by atoms with van der Waals surface area (Å²) >= 11 is 3.47. The fourth-order valence-electron chi connectivity index (χ4n) is 3.15. The first-order chi connectivity index (χ1) is 13.2. The minimum atomic E-state index is 0.556. The van der Waals surface area contributed by atoms with E-state index in [-0.39, 0.29) is 0 Å². The van der Waals surface area contributed by atoms with Gasteiger partial charge in [0.1, 0.15) is 12.4 Å². The fraction of sp³-hybridized carbons (Fsp3) is 0.0870. The maximum absolute atomic E-state index is 11.4. The monoisotopic (exact) mass is 419 g/mol. The van der Waals surface area contributed by atoms with Gasteiger partial charge in [-0.2, -0.15) is 0 Å². The molecule has 1 aromatic heterocycles. The Morgan fingerprint density at radius 3 is 2.44 bits per heavy atom. The number of fused-ring (bicyclic) bond motifs is 1. The Bertz CT molecular complexity index is 1070. The van der Waals surface area contributed by atoms with Crippen molar-refractivity contribution in [3.63, 3.8) is 0 Å². The van der Waals surface area contributed by atoms with Crippen LogP contribution in [0.1, 0.15) is 21.5 Å². The first-order valence-electron chi connectivity index (χ1n) is 8.72. The molecule has 134 valence electrons. The van der Waals surface area contributed by atoms with Gasteiger partial charge in [-0.15, -0.1) is 0 Å². The molecule has 4 heteroatoms. The lowest BCUT2D eigenvalue weighted by Gasteiger charge is -2.09. The normalized spacial score (nSPS) is 10.9. The molecule has 0 saturated carbocycles. The summed E-state index contributed by atoms with van der Waals surface area (Å²) in [5.41, 5.74) is 4.05. The van der Waals surface area contributed by atoms with Crippen LogP contribution >= 0.6 is 15.9 Å². The number of hydrogen-bond donors (Lipinski definition) is 0. The van der Waals surface area contributed by atoms with E-state index in [4.69, 9.17) is 4.74 Å². The van der Waals surface area contributed by atoms with E-state index >= 15 is 0 Å². The molecule has 0 saturated heterocycles. The zero-order valence-electron chi connectivity index (χ0n) is 14.6. The van der Waals surface area contributed by atoms with Crippen LogP contribution in [0.25, 0.3) is 10.9 Å². The highest BCUT2D eigenvalue weighted by Crippen LogP contribution is 2.25. The van der Waals surface area contributed by atoms with Crippen LogP contribution in [0.4, 0.5) is 0 Å². The summed E-state index contributed by atoms with van der Waals surface area (Å²) in [6, 6.07) is 24.2. The molecule has 3 aromatic carbocycles. The van der Waals surface area contributed by atoms with Gasteiger partial charge in [-0.3, -0.25) is 4.79 Å². The van der Waals surface area contributed by atoms with Crippen LogP contribution in [-0.2, 0) is 13.2 Å². The van der Waals surface area contributed by atoms with Crippen molar-refractivity contribution in [1.82, 2.24) is 4.57 Å². The van der Waals surface area contributed by atoms with Crippen molar-refractivity contribution in [3.8, 4) is 5.75 Å². The van der Waals surface area contributed by atoms with Gasteiger partial charge in [0.15, 0.2) is 6.29 Å². The summed E-state index contributed by atoms with van der Waals surface area (Å²) in [6.07, 6.45) is 2.82. The fourth-order valence-corrected chi connectivity index (χ4v) is 3.51. The van der Waals surface area contributed by atoms with E-state index < -0.39 is 0 Å². The Balaban J connectivity index is 1.50. The zero-order chi connectivity index (χ0) is 18.6. The largest absolute Gasteiger partial charge is 0.489 e. The van der Waals surface area contributed by atoms with Crippen LogP contribution in [-0.4, -0.2) is 10.9 Å². The van der Waals surface area contributed by atoms with Gasteiger partial charge in [0.2, 0.25) is 0 Å². The van der Waals surface area contributed by atoms with Crippen LogP contribution in [0.2, 0.25) is 0 Å². The molecule has 4 aromatic rings. The van der Waals surface area contributed by atoms with Crippen molar-refractivity contribution in [2.45, 2.75) is 13.2 Å². The molecule has 0 spiro atoms. The third kappa shape index (κ3) is 3.96. The number of hydrogen-bond acceptors (Lipinski definition) is 2. The molecule has 0 N–H and O–H groups in total. The first kappa shape index (κ1) is 17.6. The molecule has 0 fully saturated rings. The van der Waals surface area contributed by atoms with Crippen LogP contribution in [0.5, 0.6) is 5.75 Å². The molecular weight excluding hydrogens is 402 g/mol. The van der Waals surface area contributed by atoms with E-state index in [1.54, 1.807) is 0 Å². The highest BCUT2D eigenvalue weighted by molar-refractivity contribution is 9.10. The van der Waals surface area contributed by atoms with Gasteiger partial charge in [0, 0.05) is 33.7 Å². The molecule has 3 nitrogen and oxygen atoms in total. The topological polar surface area (TPSA) is 31.2 Å². The predicted molar refractivity (Wildman–Crippen MR) is 111 cm³/mol. The lowest BCUT2D eigenvalue weighted by atomic mass is 10.2. The van der Waals surface area contributed by atoms with Gasteiger partial charge in [-0.1, -0.05) is 58.4 Å². The highest BCUT2D eigenvalue weighted by Gasteiger charge is 2.09. The van der Waals surface area contributed by atoms with Gasteiger partial charge in [-0.25, -0.2) is 0 Å². The van der Waals surface area contributed by atoms with Crippen LogP contribution in [0.15, 0.2) is 83.5 Å². The standard InChI is InChI=1S/C23H18BrNO2/c24-20-8-11-23-22(12-20)19(15-26)14-25(23)13-17-6-9-21(10-7-17)27-16-18-4-2-1-3-5-18/h1-12,14-15H,13,16H2. The van der Waals surface area contributed by atoms with E-state index in [1.165, 1.54) is 0 Å². The Hall–Kier alpha value is -2.85. The van der Waals surface area contributed by atoms with Gasteiger partial charge in [0.05, 0.1) is 0 Å². The van der Waals surface area contributed by atoms with Gasteiger partial charge >= 0.3 is 0 Å². The van der Waals surface area contributed by atoms with Crippen molar-refractivity contribution in [3.05, 3.63) is 100 Å². The second-order valence-electron chi connectivity index (χ2n) is 6.41. The summed E-state index contributed by atoms with van der Waals surface area (Å²) in [5, 5.41) is 0.960. The number of benzene rings is 3. The van der Waals surface area contributed by atoms with Crippen molar-refractivity contribution in [2.75, 3.05) is 0 Å². The Kier molecular flexibility index (Phi) is 5.07. The molecule has 0 atom stereocenters. The summed E-state index contributed by atoms with van der Waals surface area (Å²) in [6.45, 7) is 1.25. The second kappa shape index (κ2) is 7.80. The number of aromatic nitrogens is 1. The molecule has 0 amide bonds. The summed E-state index contributed by atoms with van der Waals surface area (Å²) in [4.78, 5) is 11.4. The average molecular weight is 420 g/mol. The molecule has 1 heterocycles. The number of ether oxygens (including phenoxy) is 1. The SMILES string of the molecule is O=Cc1cn(Cc2ccc(OCc3ccccc3)cc2)c2ccc(Br)cc12. The minimum Gasteiger partial charge on any atom is -0.489 e. The van der Waals surface area contributed by atoms with Crippen molar-refractivity contribution in [1.29, 1.82) is 0 Å². The highest BCUT2D eigenvalue weighted by atomic mass is 79.9. The third-order valence-corrected chi connectivity index (χ3v) is 5.02. The molecule has 0 aliphatic heterocycles. The minimum absolute atomic E-state index is 0.556. The third-order valence-electron chi connectivity index (χ3n) is 4.53.